The standard InChI is InChI=1S/C36H25Cl2F7N2O6/c1-2-53-25-5-3-4-23(28(25)48)27-21-10-11-22-26(30(50)46(29(22)49)20-13-16(35(40,41)42)12-17(14-20)36(43,44)45)24(21)15-33(37)31(51)47(32(52)34(27,33)38)19-8-6-18(39)7-9-19/h3-10,12-14,22,24,26-27,48H,2,11,15H2,1H3. The van der Waals surface area contributed by atoms with Crippen LogP contribution in [0.2, 0.25) is 0 Å². The van der Waals surface area contributed by atoms with Gasteiger partial charge in [-0.2, -0.15) is 26.3 Å². The average molecular weight is 785 g/mol. The number of ether oxygens (including phenoxy) is 1. The zero-order chi connectivity index (χ0) is 38.6. The van der Waals surface area contributed by atoms with Gasteiger partial charge in [0, 0.05) is 11.5 Å². The van der Waals surface area contributed by atoms with Crippen molar-refractivity contribution in [3.05, 3.63) is 94.8 Å². The molecule has 2 aliphatic heterocycles. The van der Waals surface area contributed by atoms with Crippen LogP contribution in [0.1, 0.15) is 42.4 Å². The van der Waals surface area contributed by atoms with Crippen molar-refractivity contribution in [3.8, 4) is 11.5 Å². The van der Waals surface area contributed by atoms with Crippen molar-refractivity contribution in [2.45, 2.75) is 47.8 Å². The minimum atomic E-state index is -5.28. The lowest BCUT2D eigenvalue weighted by molar-refractivity contribution is -0.143. The molecule has 8 nitrogen and oxygen atoms in total. The second-order valence-corrected chi connectivity index (χ2v) is 14.4. The summed E-state index contributed by atoms with van der Waals surface area (Å²) in [6.45, 7) is 1.73. The van der Waals surface area contributed by atoms with Crippen LogP contribution < -0.4 is 14.5 Å². The van der Waals surface area contributed by atoms with E-state index in [9.17, 15) is 55.0 Å². The largest absolute Gasteiger partial charge is 0.504 e. The third kappa shape index (κ3) is 5.32. The fourth-order valence-corrected chi connectivity index (χ4v) is 9.04. The molecule has 2 heterocycles. The van der Waals surface area contributed by atoms with Gasteiger partial charge in [0.05, 0.1) is 40.9 Å². The predicted molar refractivity (Wildman–Crippen MR) is 175 cm³/mol. The molecule has 53 heavy (non-hydrogen) atoms. The van der Waals surface area contributed by atoms with Gasteiger partial charge in [0.2, 0.25) is 11.8 Å². The molecule has 0 radical (unpaired) electrons. The van der Waals surface area contributed by atoms with Crippen LogP contribution in [-0.4, -0.2) is 45.1 Å². The lowest BCUT2D eigenvalue weighted by Gasteiger charge is -2.50. The Morgan fingerprint density at radius 1 is 0.830 bits per heavy atom. The van der Waals surface area contributed by atoms with Crippen LogP contribution in [0.5, 0.6) is 11.5 Å². The van der Waals surface area contributed by atoms with E-state index >= 15 is 0 Å². The van der Waals surface area contributed by atoms with E-state index in [1.807, 2.05) is 0 Å². The Kier molecular flexibility index (Phi) is 8.45. The number of fused-ring (bicyclic) bond motifs is 4. The van der Waals surface area contributed by atoms with E-state index in [0.29, 0.717) is 4.90 Å². The molecule has 6 unspecified atom stereocenters. The summed E-state index contributed by atoms with van der Waals surface area (Å²) >= 11 is 14.5. The van der Waals surface area contributed by atoms with E-state index in [0.717, 1.165) is 24.3 Å². The summed E-state index contributed by atoms with van der Waals surface area (Å²) in [7, 11) is 0. The number of carbonyl (C=O) groups is 4. The minimum absolute atomic E-state index is 0.0441. The van der Waals surface area contributed by atoms with Gasteiger partial charge in [-0.1, -0.05) is 23.8 Å². The second-order valence-electron chi connectivity index (χ2n) is 13.2. The molecule has 0 bridgehead atoms. The Labute approximate surface area is 305 Å². The van der Waals surface area contributed by atoms with Crippen molar-refractivity contribution in [2.75, 3.05) is 16.4 Å². The zero-order valence-electron chi connectivity index (χ0n) is 27.1. The van der Waals surface area contributed by atoms with Gasteiger partial charge in [-0.3, -0.25) is 19.2 Å². The highest BCUT2D eigenvalue weighted by molar-refractivity contribution is 6.58. The molecule has 1 N–H and O–H groups in total. The second kappa shape index (κ2) is 12.2. The lowest BCUT2D eigenvalue weighted by atomic mass is 9.56. The van der Waals surface area contributed by atoms with Crippen molar-refractivity contribution in [3.63, 3.8) is 0 Å². The van der Waals surface area contributed by atoms with Crippen LogP contribution in [-0.2, 0) is 31.5 Å². The maximum absolute atomic E-state index is 14.5. The molecule has 4 aliphatic rings. The van der Waals surface area contributed by atoms with Crippen molar-refractivity contribution >= 4 is 58.2 Å². The topological polar surface area (TPSA) is 104 Å². The first kappa shape index (κ1) is 36.7. The summed E-state index contributed by atoms with van der Waals surface area (Å²) in [5.74, 6) is -11.2. The third-order valence-electron chi connectivity index (χ3n) is 10.4. The molecule has 1 saturated carbocycles. The summed E-state index contributed by atoms with van der Waals surface area (Å²) in [4.78, 5) is 53.1. The quantitative estimate of drug-likeness (QED) is 0.123. The number of halogens is 9. The van der Waals surface area contributed by atoms with Crippen molar-refractivity contribution in [1.82, 2.24) is 0 Å². The van der Waals surface area contributed by atoms with Gasteiger partial charge in [-0.15, -0.1) is 23.2 Å². The number of aromatic hydroxyl groups is 1. The Morgan fingerprint density at radius 3 is 2.04 bits per heavy atom. The molecule has 3 aromatic carbocycles. The van der Waals surface area contributed by atoms with Crippen molar-refractivity contribution < 1.29 is 59.8 Å². The summed E-state index contributed by atoms with van der Waals surface area (Å²) in [6.07, 6.45) is -9.98. The van der Waals surface area contributed by atoms with Crippen LogP contribution in [0.25, 0.3) is 0 Å². The highest BCUT2D eigenvalue weighted by Gasteiger charge is 2.77. The molecule has 0 spiro atoms. The molecule has 2 aliphatic carbocycles. The number of para-hydroxylation sites is 1. The Balaban J connectivity index is 1.40. The van der Waals surface area contributed by atoms with Crippen molar-refractivity contribution in [1.29, 1.82) is 0 Å². The maximum atomic E-state index is 14.5. The first-order chi connectivity index (χ1) is 24.8. The first-order valence-electron chi connectivity index (χ1n) is 16.1. The van der Waals surface area contributed by atoms with Gasteiger partial charge in [0.1, 0.15) is 5.82 Å². The number of benzene rings is 3. The summed E-state index contributed by atoms with van der Waals surface area (Å²) < 4.78 is 102. The molecular weight excluding hydrogens is 760 g/mol. The highest BCUT2D eigenvalue weighted by atomic mass is 35.5. The van der Waals surface area contributed by atoms with Gasteiger partial charge in [0.25, 0.3) is 11.8 Å². The summed E-state index contributed by atoms with van der Waals surface area (Å²) in [5.41, 5.74) is -4.46. The fraction of sp³-hybridized carbons (Fsp3) is 0.333. The number of alkyl halides is 8. The SMILES string of the molecule is CCOc1cccc(C2C3=CCC4C(=O)N(c5cc(C(F)(F)F)cc(C(F)(F)F)c5)C(=O)C4C3CC3(Cl)C(=O)N(c4ccc(F)cc4)C(=O)C23Cl)c1O. The lowest BCUT2D eigenvalue weighted by Crippen LogP contribution is -2.60. The number of rotatable bonds is 5. The molecule has 17 heteroatoms. The van der Waals surface area contributed by atoms with E-state index in [4.69, 9.17) is 27.9 Å². The van der Waals surface area contributed by atoms with Crippen molar-refractivity contribution in [2.24, 2.45) is 17.8 Å². The number of phenolic OH excluding ortho intramolecular Hbond substituents is 1. The average Bonchev–Trinajstić information content (AvgIpc) is 3.43. The van der Waals surface area contributed by atoms with Crippen LogP contribution >= 0.6 is 23.2 Å². The molecule has 4 amide bonds. The molecule has 278 valence electrons. The normalized spacial score (nSPS) is 28.5. The van der Waals surface area contributed by atoms with Gasteiger partial charge in [-0.25, -0.2) is 14.2 Å². The van der Waals surface area contributed by atoms with E-state index in [-0.39, 0.29) is 58.7 Å². The number of nitrogens with zero attached hydrogens (tertiary/aromatic N) is 2. The molecule has 7 rings (SSSR count). The van der Waals surface area contributed by atoms with Crippen LogP contribution in [0.15, 0.2) is 72.3 Å². The van der Waals surface area contributed by atoms with E-state index in [2.05, 4.69) is 0 Å². The molecule has 3 fully saturated rings. The molecular formula is C36H25Cl2F7N2O6. The van der Waals surface area contributed by atoms with E-state index in [1.165, 1.54) is 24.3 Å². The number of carbonyl (C=O) groups excluding carboxylic acids is 4. The molecule has 2 saturated heterocycles. The Hall–Kier alpha value is -4.63. The number of amides is 4. The van der Waals surface area contributed by atoms with E-state index < -0.39 is 104 Å². The summed E-state index contributed by atoms with van der Waals surface area (Å²) in [6, 6.07) is 8.89. The maximum Gasteiger partial charge on any atom is 0.416 e. The van der Waals surface area contributed by atoms with Gasteiger partial charge in [-0.05, 0) is 74.2 Å². The smallest absolute Gasteiger partial charge is 0.416 e. The number of imide groups is 2. The van der Waals surface area contributed by atoms with Gasteiger partial charge >= 0.3 is 12.4 Å². The van der Waals surface area contributed by atoms with E-state index in [1.54, 1.807) is 6.92 Å². The number of allylic oxidation sites excluding steroid dienone is 2. The summed E-state index contributed by atoms with van der Waals surface area (Å²) in [5, 5.41) is 11.5. The zero-order valence-corrected chi connectivity index (χ0v) is 28.6. The highest BCUT2D eigenvalue weighted by Crippen LogP contribution is 2.67. The molecule has 0 aromatic heterocycles. The van der Waals surface area contributed by atoms with Crippen LogP contribution in [0.3, 0.4) is 0 Å². The van der Waals surface area contributed by atoms with Gasteiger partial charge < -0.3 is 9.84 Å². The van der Waals surface area contributed by atoms with Crippen LogP contribution in [0.4, 0.5) is 42.1 Å². The first-order valence-corrected chi connectivity index (χ1v) is 16.9. The number of anilines is 2. The monoisotopic (exact) mass is 784 g/mol. The number of hydrogen-bond acceptors (Lipinski definition) is 6. The van der Waals surface area contributed by atoms with Gasteiger partial charge in [0.15, 0.2) is 21.2 Å². The fourth-order valence-electron chi connectivity index (χ4n) is 8.11. The number of hydrogen-bond donors (Lipinski definition) is 1. The third-order valence-corrected chi connectivity index (χ3v) is 11.8. The predicted octanol–water partition coefficient (Wildman–Crippen LogP) is 7.74. The minimum Gasteiger partial charge on any atom is -0.504 e. The Morgan fingerprint density at radius 2 is 1.45 bits per heavy atom. The number of phenols is 1. The molecule has 6 atom stereocenters. The Bertz CT molecular complexity index is 2090. The molecule has 3 aromatic rings. The van der Waals surface area contributed by atoms with Crippen LogP contribution in [0, 0.1) is 23.6 Å².